The van der Waals surface area contributed by atoms with Crippen molar-refractivity contribution in [2.75, 3.05) is 24.6 Å². The number of carbonyl (C=O) groups is 1. The Labute approximate surface area is 176 Å². The van der Waals surface area contributed by atoms with E-state index in [2.05, 4.69) is 22.3 Å². The van der Waals surface area contributed by atoms with Gasteiger partial charge < -0.3 is 15.7 Å². The summed E-state index contributed by atoms with van der Waals surface area (Å²) < 4.78 is 2.18. The van der Waals surface area contributed by atoms with Gasteiger partial charge in [-0.05, 0) is 67.2 Å². The van der Waals surface area contributed by atoms with Crippen molar-refractivity contribution < 1.29 is 9.90 Å². The summed E-state index contributed by atoms with van der Waals surface area (Å²) >= 11 is 0. The Kier molecular flexibility index (Phi) is 4.69. The highest BCUT2D eigenvalue weighted by Crippen LogP contribution is 2.40. The topological polar surface area (TPSA) is 83.9 Å². The summed E-state index contributed by atoms with van der Waals surface area (Å²) in [6.07, 6.45) is 7.10. The van der Waals surface area contributed by atoms with Crippen LogP contribution in [0.3, 0.4) is 0 Å². The number of rotatable bonds is 3. The van der Waals surface area contributed by atoms with Crippen LogP contribution in [0.2, 0.25) is 0 Å². The van der Waals surface area contributed by atoms with E-state index in [4.69, 9.17) is 10.7 Å². The Morgan fingerprint density at radius 1 is 1.13 bits per heavy atom. The van der Waals surface area contributed by atoms with Gasteiger partial charge >= 0.3 is 0 Å². The molecule has 0 saturated carbocycles. The Morgan fingerprint density at radius 2 is 1.83 bits per heavy atom. The molecule has 2 aliphatic rings. The van der Waals surface area contributed by atoms with Gasteiger partial charge in [-0.3, -0.25) is 9.20 Å². The van der Waals surface area contributed by atoms with Crippen LogP contribution in [0, 0.1) is 5.41 Å². The number of nitrogens with two attached hydrogens (primary N) is 1. The zero-order chi connectivity index (χ0) is 20.9. The van der Waals surface area contributed by atoms with Crippen LogP contribution >= 0.6 is 0 Å². The number of anilines is 1. The van der Waals surface area contributed by atoms with Crippen molar-refractivity contribution in [1.29, 1.82) is 0 Å². The summed E-state index contributed by atoms with van der Waals surface area (Å²) in [5.41, 5.74) is 11.5. The van der Waals surface area contributed by atoms with Gasteiger partial charge in [-0.2, -0.15) is 0 Å². The van der Waals surface area contributed by atoms with Crippen molar-refractivity contribution in [3.8, 4) is 0 Å². The smallest absolute Gasteiger partial charge is 0.252 e. The highest BCUT2D eigenvalue weighted by Gasteiger charge is 2.33. The quantitative estimate of drug-likeness (QED) is 0.653. The lowest BCUT2D eigenvalue weighted by molar-refractivity contribution is 0.100. The molecule has 1 saturated heterocycles. The number of aliphatic hydroxyl groups is 1. The van der Waals surface area contributed by atoms with E-state index in [0.717, 1.165) is 74.6 Å². The Balaban J connectivity index is 1.81. The van der Waals surface area contributed by atoms with Crippen LogP contribution in [0.5, 0.6) is 0 Å². The third-order valence-electron chi connectivity index (χ3n) is 7.18. The van der Waals surface area contributed by atoms with Gasteiger partial charge in [0.15, 0.2) is 5.65 Å². The first-order valence-electron chi connectivity index (χ1n) is 11.1. The molecule has 0 radical (unpaired) electrons. The summed E-state index contributed by atoms with van der Waals surface area (Å²) in [5, 5.41) is 9.83. The molecular formula is C24H30N4O2. The summed E-state index contributed by atoms with van der Waals surface area (Å²) in [6, 6.07) is 8.08. The first-order valence-corrected chi connectivity index (χ1v) is 11.1. The molecule has 2 aromatic heterocycles. The number of aliphatic hydroxyl groups excluding tert-OH is 1. The Morgan fingerprint density at radius 3 is 2.53 bits per heavy atom. The fourth-order valence-corrected chi connectivity index (χ4v) is 5.29. The number of primary amides is 1. The molecule has 158 valence electrons. The van der Waals surface area contributed by atoms with Gasteiger partial charge in [0.05, 0.1) is 16.6 Å². The van der Waals surface area contributed by atoms with E-state index in [-0.39, 0.29) is 17.9 Å². The third-order valence-corrected chi connectivity index (χ3v) is 7.18. The molecule has 1 aliphatic carbocycles. The second kappa shape index (κ2) is 7.27. The SMILES string of the molecule is CC1(CO)CCN(c2c3c(c(C(N)=O)c4nc5ccccc5n24)CCCCC3)CC1. The summed E-state index contributed by atoms with van der Waals surface area (Å²) in [6.45, 7) is 4.17. The number of para-hydroxylation sites is 2. The number of nitrogens with zero attached hydrogens (tertiary/aromatic N) is 3. The maximum absolute atomic E-state index is 12.6. The standard InChI is InChI=1S/C24H30N4O2/c1-24(15-29)11-13-27(14-12-24)23-17-8-4-2-3-7-16(17)20(21(25)30)22-26-18-9-5-6-10-19(18)28(22)23/h5-6,9-10,29H,2-4,7-8,11-15H2,1H3,(H2,25,30). The van der Waals surface area contributed by atoms with Gasteiger partial charge in [-0.1, -0.05) is 25.5 Å². The third kappa shape index (κ3) is 2.97. The molecule has 5 rings (SSSR count). The van der Waals surface area contributed by atoms with Crippen molar-refractivity contribution >= 4 is 28.4 Å². The highest BCUT2D eigenvalue weighted by molar-refractivity contribution is 6.03. The molecule has 0 bridgehead atoms. The van der Waals surface area contributed by atoms with Crippen LogP contribution < -0.4 is 10.6 Å². The Bertz CT molecular complexity index is 1130. The fourth-order valence-electron chi connectivity index (χ4n) is 5.29. The lowest BCUT2D eigenvalue weighted by Crippen LogP contribution is -2.42. The molecule has 6 heteroatoms. The van der Waals surface area contributed by atoms with E-state index >= 15 is 0 Å². The lowest BCUT2D eigenvalue weighted by Gasteiger charge is -2.40. The molecular weight excluding hydrogens is 376 g/mol. The van der Waals surface area contributed by atoms with Gasteiger partial charge in [0.25, 0.3) is 5.91 Å². The van der Waals surface area contributed by atoms with Crippen LogP contribution in [0.4, 0.5) is 5.82 Å². The maximum Gasteiger partial charge on any atom is 0.252 e. The normalized spacial score (nSPS) is 19.1. The number of hydrogen-bond acceptors (Lipinski definition) is 4. The molecule has 3 N–H and O–H groups in total. The van der Waals surface area contributed by atoms with Crippen molar-refractivity contribution in [1.82, 2.24) is 9.38 Å². The lowest BCUT2D eigenvalue weighted by atomic mass is 9.81. The number of piperidine rings is 1. The predicted molar refractivity (Wildman–Crippen MR) is 119 cm³/mol. The van der Waals surface area contributed by atoms with Crippen molar-refractivity contribution in [3.05, 3.63) is 41.0 Å². The zero-order valence-electron chi connectivity index (χ0n) is 17.7. The molecule has 1 fully saturated rings. The molecule has 6 nitrogen and oxygen atoms in total. The van der Waals surface area contributed by atoms with Gasteiger partial charge in [0, 0.05) is 19.7 Å². The van der Waals surface area contributed by atoms with Gasteiger partial charge in [0.2, 0.25) is 0 Å². The van der Waals surface area contributed by atoms with Crippen molar-refractivity contribution in [2.45, 2.75) is 51.9 Å². The predicted octanol–water partition coefficient (Wildman–Crippen LogP) is 3.45. The molecule has 1 amide bonds. The zero-order valence-corrected chi connectivity index (χ0v) is 17.7. The fraction of sp³-hybridized carbons (Fsp3) is 0.500. The van der Waals surface area contributed by atoms with Crippen LogP contribution in [-0.2, 0) is 12.8 Å². The van der Waals surface area contributed by atoms with E-state index < -0.39 is 0 Å². The van der Waals surface area contributed by atoms with E-state index in [9.17, 15) is 9.90 Å². The molecule has 1 aliphatic heterocycles. The molecule has 3 aromatic rings. The van der Waals surface area contributed by atoms with Crippen LogP contribution in [0.1, 0.15) is 60.5 Å². The minimum absolute atomic E-state index is 0.0171. The molecule has 0 atom stereocenters. The number of aromatic nitrogens is 2. The number of fused-ring (bicyclic) bond motifs is 4. The second-order valence-corrected chi connectivity index (χ2v) is 9.30. The molecule has 0 unspecified atom stereocenters. The summed E-state index contributed by atoms with van der Waals surface area (Å²) in [5.74, 6) is 0.798. The van der Waals surface area contributed by atoms with Gasteiger partial charge in [0.1, 0.15) is 5.82 Å². The largest absolute Gasteiger partial charge is 0.396 e. The maximum atomic E-state index is 12.6. The van der Waals surface area contributed by atoms with Crippen molar-refractivity contribution in [2.24, 2.45) is 11.1 Å². The number of benzene rings is 1. The number of pyridine rings is 1. The van der Waals surface area contributed by atoms with Crippen LogP contribution in [0.25, 0.3) is 16.7 Å². The van der Waals surface area contributed by atoms with E-state index in [0.29, 0.717) is 11.2 Å². The van der Waals surface area contributed by atoms with Crippen LogP contribution in [0.15, 0.2) is 24.3 Å². The average Bonchev–Trinajstić information content (AvgIpc) is 2.95. The number of hydrogen-bond donors (Lipinski definition) is 2. The minimum Gasteiger partial charge on any atom is -0.396 e. The first kappa shape index (κ1) is 19.4. The van der Waals surface area contributed by atoms with Crippen molar-refractivity contribution in [3.63, 3.8) is 0 Å². The first-order chi connectivity index (χ1) is 14.5. The monoisotopic (exact) mass is 406 g/mol. The summed E-state index contributed by atoms with van der Waals surface area (Å²) in [4.78, 5) is 19.9. The molecule has 1 aromatic carbocycles. The molecule has 0 spiro atoms. The number of imidazole rings is 1. The van der Waals surface area contributed by atoms with E-state index in [1.165, 1.54) is 11.4 Å². The molecule has 30 heavy (non-hydrogen) atoms. The van der Waals surface area contributed by atoms with E-state index in [1.54, 1.807) is 0 Å². The summed E-state index contributed by atoms with van der Waals surface area (Å²) in [7, 11) is 0. The highest BCUT2D eigenvalue weighted by atomic mass is 16.3. The van der Waals surface area contributed by atoms with Crippen LogP contribution in [-0.4, -0.2) is 40.1 Å². The van der Waals surface area contributed by atoms with Gasteiger partial charge in [-0.15, -0.1) is 0 Å². The number of carbonyl (C=O) groups excluding carboxylic acids is 1. The van der Waals surface area contributed by atoms with E-state index in [1.807, 2.05) is 18.2 Å². The molecule has 3 heterocycles. The number of amides is 1. The average molecular weight is 407 g/mol. The second-order valence-electron chi connectivity index (χ2n) is 9.30. The minimum atomic E-state index is -0.383. The Hall–Kier alpha value is -2.60. The van der Waals surface area contributed by atoms with Gasteiger partial charge in [-0.25, -0.2) is 4.98 Å².